The number of nitrogens with zero attached hydrogens (tertiary/aromatic N) is 6. The van der Waals surface area contributed by atoms with E-state index in [2.05, 4.69) is 16.5 Å². The molecule has 2 aliphatic rings. The molecule has 3 aromatic heterocycles. The van der Waals surface area contributed by atoms with E-state index in [1.807, 2.05) is 4.90 Å². The first-order valence-corrected chi connectivity index (χ1v) is 13.8. The van der Waals surface area contributed by atoms with Crippen LogP contribution in [0.4, 0.5) is 10.2 Å². The first kappa shape index (κ1) is 27.8. The Balaban J connectivity index is 1.71. The molecule has 4 aromatic rings. The van der Waals surface area contributed by atoms with Crippen LogP contribution in [0.1, 0.15) is 25.1 Å². The Morgan fingerprint density at radius 1 is 1.24 bits per heavy atom. The summed E-state index contributed by atoms with van der Waals surface area (Å²) in [5, 5.41) is 11.4. The minimum atomic E-state index is -1.43. The van der Waals surface area contributed by atoms with Crippen LogP contribution in [0, 0.1) is 12.7 Å². The lowest BCUT2D eigenvalue weighted by atomic mass is 10.00. The summed E-state index contributed by atoms with van der Waals surface area (Å²) in [6.45, 7) is 9.68. The average Bonchev–Trinajstić information content (AvgIpc) is 3.12. The monoisotopic (exact) mass is 590 g/mol. The second kappa shape index (κ2) is 10.2. The Labute approximate surface area is 245 Å². The van der Waals surface area contributed by atoms with Crippen molar-refractivity contribution in [3.05, 3.63) is 81.8 Å². The Morgan fingerprint density at radius 3 is 2.71 bits per heavy atom. The van der Waals surface area contributed by atoms with Crippen LogP contribution >= 0.6 is 11.6 Å². The zero-order valence-electron chi connectivity index (χ0n) is 23.3. The lowest BCUT2D eigenvalue weighted by molar-refractivity contribution is -0.126. The molecule has 0 spiro atoms. The van der Waals surface area contributed by atoms with Crippen molar-refractivity contribution in [3.8, 4) is 22.7 Å². The number of carbonyl (C=O) groups excluding carboxylic acids is 1. The van der Waals surface area contributed by atoms with E-state index in [9.17, 15) is 14.7 Å². The Bertz CT molecular complexity index is 1840. The number of pyridine rings is 2. The molecule has 1 N–H and O–H groups in total. The SMILES string of the molecule is C=CC(=O)N1CCN2c3nc(=O)n(-c4c(C)ccnc4C(C)(C)O)c4nc(-c5ccccc5F)c(Cl)c(c34)OC[C@H]2C1. The van der Waals surface area contributed by atoms with Gasteiger partial charge in [-0.3, -0.25) is 9.78 Å². The molecule has 1 aromatic carbocycles. The van der Waals surface area contributed by atoms with Crippen LogP contribution in [0.5, 0.6) is 5.75 Å². The summed E-state index contributed by atoms with van der Waals surface area (Å²) in [5.41, 5.74) is -0.615. The lowest BCUT2D eigenvalue weighted by Crippen LogP contribution is -2.56. The molecule has 1 atom stereocenters. The van der Waals surface area contributed by atoms with E-state index in [0.29, 0.717) is 42.1 Å². The smallest absolute Gasteiger partial charge is 0.355 e. The number of carbonyl (C=O) groups is 1. The molecule has 12 heteroatoms. The molecule has 1 amide bonds. The largest absolute Gasteiger partial charge is 0.489 e. The molecule has 42 heavy (non-hydrogen) atoms. The van der Waals surface area contributed by atoms with Crippen LogP contribution in [-0.4, -0.2) is 67.7 Å². The summed E-state index contributed by atoms with van der Waals surface area (Å²) in [6, 6.07) is 7.41. The maximum absolute atomic E-state index is 15.1. The van der Waals surface area contributed by atoms with E-state index in [0.717, 1.165) is 0 Å². The number of ether oxygens (including phenoxy) is 1. The molecule has 2 aliphatic heterocycles. The van der Waals surface area contributed by atoms with Crippen molar-refractivity contribution < 1.29 is 19.0 Å². The fourth-order valence-corrected chi connectivity index (χ4v) is 5.92. The van der Waals surface area contributed by atoms with Crippen LogP contribution in [0.3, 0.4) is 0 Å². The van der Waals surface area contributed by atoms with Crippen molar-refractivity contribution >= 4 is 34.4 Å². The molecule has 1 fully saturated rings. The van der Waals surface area contributed by atoms with Crippen molar-refractivity contribution in [2.75, 3.05) is 31.1 Å². The Kier molecular flexibility index (Phi) is 6.74. The van der Waals surface area contributed by atoms with Crippen molar-refractivity contribution in [3.63, 3.8) is 0 Å². The van der Waals surface area contributed by atoms with E-state index < -0.39 is 17.1 Å². The molecule has 0 radical (unpaired) electrons. The zero-order valence-corrected chi connectivity index (χ0v) is 24.0. The predicted molar refractivity (Wildman–Crippen MR) is 157 cm³/mol. The van der Waals surface area contributed by atoms with Gasteiger partial charge < -0.3 is 19.6 Å². The molecular formula is C30H28ClFN6O4. The van der Waals surface area contributed by atoms with Gasteiger partial charge >= 0.3 is 5.69 Å². The number of anilines is 1. The zero-order chi connectivity index (χ0) is 29.9. The number of aliphatic hydroxyl groups is 1. The normalized spacial score (nSPS) is 16.6. The molecule has 10 nitrogen and oxygen atoms in total. The van der Waals surface area contributed by atoms with Crippen molar-refractivity contribution in [1.82, 2.24) is 24.4 Å². The van der Waals surface area contributed by atoms with Gasteiger partial charge in [0.15, 0.2) is 11.4 Å². The fraction of sp³-hybridized carbons (Fsp3) is 0.300. The highest BCUT2D eigenvalue weighted by molar-refractivity contribution is 6.36. The molecular weight excluding hydrogens is 563 g/mol. The number of rotatable bonds is 4. The molecule has 216 valence electrons. The van der Waals surface area contributed by atoms with E-state index in [1.54, 1.807) is 56.1 Å². The molecule has 0 bridgehead atoms. The Morgan fingerprint density at radius 2 is 2.00 bits per heavy atom. The highest BCUT2D eigenvalue weighted by atomic mass is 35.5. The summed E-state index contributed by atoms with van der Waals surface area (Å²) in [7, 11) is 0. The summed E-state index contributed by atoms with van der Waals surface area (Å²) >= 11 is 6.93. The number of halogens is 2. The third kappa shape index (κ3) is 4.40. The summed E-state index contributed by atoms with van der Waals surface area (Å²) in [5.74, 6) is -0.271. The van der Waals surface area contributed by atoms with E-state index in [4.69, 9.17) is 21.3 Å². The number of aromatic nitrogens is 4. The Hall–Kier alpha value is -4.35. The predicted octanol–water partition coefficient (Wildman–Crippen LogP) is 3.77. The topological polar surface area (TPSA) is 114 Å². The highest BCUT2D eigenvalue weighted by Gasteiger charge is 2.38. The van der Waals surface area contributed by atoms with Gasteiger partial charge in [0.1, 0.15) is 34.3 Å². The van der Waals surface area contributed by atoms with E-state index in [-0.39, 0.29) is 51.9 Å². The number of aryl methyl sites for hydroxylation is 1. The third-order valence-corrected chi connectivity index (χ3v) is 7.97. The van der Waals surface area contributed by atoms with Gasteiger partial charge in [-0.15, -0.1) is 0 Å². The number of benzene rings is 1. The van der Waals surface area contributed by atoms with Crippen molar-refractivity contribution in [2.24, 2.45) is 0 Å². The maximum Gasteiger partial charge on any atom is 0.355 e. The number of hydrogen-bond acceptors (Lipinski definition) is 8. The summed E-state index contributed by atoms with van der Waals surface area (Å²) in [4.78, 5) is 43.7. The van der Waals surface area contributed by atoms with E-state index >= 15 is 4.39 Å². The molecule has 0 unspecified atom stereocenters. The fourth-order valence-electron chi connectivity index (χ4n) is 5.62. The molecule has 6 rings (SSSR count). The van der Waals surface area contributed by atoms with Crippen LogP contribution in [-0.2, 0) is 10.4 Å². The molecule has 0 aliphatic carbocycles. The van der Waals surface area contributed by atoms with Gasteiger partial charge in [-0.1, -0.05) is 30.3 Å². The van der Waals surface area contributed by atoms with Gasteiger partial charge in [-0.2, -0.15) is 4.98 Å². The van der Waals surface area contributed by atoms with Gasteiger partial charge in [0.2, 0.25) is 5.91 Å². The van der Waals surface area contributed by atoms with Crippen LogP contribution in [0.2, 0.25) is 5.02 Å². The van der Waals surface area contributed by atoms with E-state index in [1.165, 1.54) is 16.7 Å². The van der Waals surface area contributed by atoms with Crippen LogP contribution in [0.15, 0.2) is 54.0 Å². The lowest BCUT2D eigenvalue weighted by Gasteiger charge is -2.40. The molecule has 0 saturated carbocycles. The van der Waals surface area contributed by atoms with Crippen LogP contribution in [0.25, 0.3) is 28.0 Å². The average molecular weight is 591 g/mol. The first-order valence-electron chi connectivity index (χ1n) is 13.4. The van der Waals surface area contributed by atoms with Gasteiger partial charge in [0.05, 0.1) is 23.1 Å². The number of piperazine rings is 1. The van der Waals surface area contributed by atoms with Crippen LogP contribution < -0.4 is 15.3 Å². The van der Waals surface area contributed by atoms with Crippen molar-refractivity contribution in [1.29, 1.82) is 0 Å². The minimum absolute atomic E-state index is 0.0605. The van der Waals surface area contributed by atoms with Gasteiger partial charge in [-0.25, -0.2) is 18.7 Å². The second-order valence-corrected chi connectivity index (χ2v) is 11.2. The maximum atomic E-state index is 15.1. The summed E-state index contributed by atoms with van der Waals surface area (Å²) < 4.78 is 22.7. The second-order valence-electron chi connectivity index (χ2n) is 10.9. The molecule has 1 saturated heterocycles. The molecule has 5 heterocycles. The number of fused-ring (bicyclic) bond motifs is 2. The summed E-state index contributed by atoms with van der Waals surface area (Å²) in [6.07, 6.45) is 2.81. The standard InChI is InChI=1S/C30H28ClFN6O4/c1-5-20(39)36-12-13-37-17(14-36)15-42-25-21-27(37)35-29(40)38(24-16(2)10-11-33-26(24)30(3,4)41)28(21)34-23(22(25)31)18-8-6-7-9-19(18)32/h5-11,17,41H,1,12-15H2,2-4H3/t17-/m1/s1. The van der Waals surface area contributed by atoms with Crippen molar-refractivity contribution in [2.45, 2.75) is 32.4 Å². The number of hydrogen-bond donors (Lipinski definition) is 1. The number of amides is 1. The third-order valence-electron chi connectivity index (χ3n) is 7.62. The first-order chi connectivity index (χ1) is 20.0. The minimum Gasteiger partial charge on any atom is -0.489 e. The van der Waals surface area contributed by atoms with Gasteiger partial charge in [0.25, 0.3) is 0 Å². The highest BCUT2D eigenvalue weighted by Crippen LogP contribution is 2.45. The van der Waals surface area contributed by atoms with Gasteiger partial charge in [0, 0.05) is 31.4 Å². The quantitative estimate of drug-likeness (QED) is 0.358. The van der Waals surface area contributed by atoms with Gasteiger partial charge in [-0.05, 0) is 50.6 Å².